The number of amides is 1. The molecule has 0 spiro atoms. The summed E-state index contributed by atoms with van der Waals surface area (Å²) in [5.41, 5.74) is 3.19. The first-order chi connectivity index (χ1) is 14.7. The van der Waals surface area contributed by atoms with Gasteiger partial charge < -0.3 is 19.9 Å². The molecule has 7 heteroatoms. The van der Waals surface area contributed by atoms with Crippen LogP contribution in [0, 0.1) is 0 Å². The highest BCUT2D eigenvalue weighted by Gasteiger charge is 2.30. The third-order valence-electron chi connectivity index (χ3n) is 4.69. The molecule has 0 radical (unpaired) electrons. The maximum absolute atomic E-state index is 12.3. The third kappa shape index (κ3) is 4.97. The average molecular weight is 412 g/mol. The number of esters is 1. The van der Waals surface area contributed by atoms with Gasteiger partial charge in [-0.05, 0) is 43.0 Å². The molecule has 7 nitrogen and oxygen atoms in total. The molecule has 0 bridgehead atoms. The van der Waals surface area contributed by atoms with Crippen LogP contribution in [-0.4, -0.2) is 41.4 Å². The molecule has 0 heterocycles. The van der Waals surface area contributed by atoms with Crippen LogP contribution in [0.3, 0.4) is 0 Å². The summed E-state index contributed by atoms with van der Waals surface area (Å²) in [6.07, 6.45) is -1.50. The Balaban J connectivity index is 1.62. The number of ether oxygens (including phenoxy) is 2. The Kier molecular flexibility index (Phi) is 5.70. The van der Waals surface area contributed by atoms with Crippen LogP contribution in [0.15, 0.2) is 48.5 Å². The number of benzene rings is 2. The molecule has 30 heavy (non-hydrogen) atoms. The molecular formula is C23H25NO6. The van der Waals surface area contributed by atoms with Gasteiger partial charge in [-0.1, -0.05) is 48.5 Å². The summed E-state index contributed by atoms with van der Waals surface area (Å²) in [4.78, 5) is 35.8. The smallest absolute Gasteiger partial charge is 0.407 e. The SMILES string of the molecule is [2H]CC(C)(C)OC(=O)C[C@H](NC(=O)OCC1c2ccccc2-c2ccccc21)C(=O)O. The van der Waals surface area contributed by atoms with E-state index in [0.717, 1.165) is 22.3 Å². The fraction of sp³-hybridized carbons (Fsp3) is 0.348. The normalized spacial score (nSPS) is 14.1. The van der Waals surface area contributed by atoms with Crippen molar-refractivity contribution in [2.24, 2.45) is 0 Å². The molecule has 0 fully saturated rings. The van der Waals surface area contributed by atoms with Gasteiger partial charge >= 0.3 is 18.0 Å². The molecule has 2 aromatic carbocycles. The van der Waals surface area contributed by atoms with E-state index in [1.165, 1.54) is 0 Å². The molecule has 0 unspecified atom stereocenters. The van der Waals surface area contributed by atoms with Crippen molar-refractivity contribution in [3.8, 4) is 11.1 Å². The molecule has 158 valence electrons. The minimum Gasteiger partial charge on any atom is -0.480 e. The Bertz CT molecular complexity index is 944. The molecule has 0 aromatic heterocycles. The van der Waals surface area contributed by atoms with Crippen molar-refractivity contribution in [1.82, 2.24) is 5.32 Å². The van der Waals surface area contributed by atoms with Gasteiger partial charge in [0.25, 0.3) is 0 Å². The van der Waals surface area contributed by atoms with Crippen LogP contribution in [0.2, 0.25) is 0 Å². The summed E-state index contributed by atoms with van der Waals surface area (Å²) in [7, 11) is 0. The van der Waals surface area contributed by atoms with E-state index in [0.29, 0.717) is 0 Å². The molecule has 0 saturated carbocycles. The molecule has 0 saturated heterocycles. The van der Waals surface area contributed by atoms with Crippen molar-refractivity contribution >= 4 is 18.0 Å². The van der Waals surface area contributed by atoms with Crippen LogP contribution in [0.1, 0.15) is 45.6 Å². The summed E-state index contributed by atoms with van der Waals surface area (Å²) in [5, 5.41) is 11.6. The second kappa shape index (κ2) is 8.57. The standard InChI is InChI=1S/C23H25NO6/c1-23(2,3)30-20(25)12-19(21(26)27)24-22(28)29-13-18-16-10-6-4-8-14(16)15-9-5-7-11-17(15)18/h4-11,18-19H,12-13H2,1-3H3,(H,24,28)(H,26,27)/t19-/m0/s1/i1D. The number of carbonyl (C=O) groups excluding carboxylic acids is 2. The average Bonchev–Trinajstić information content (AvgIpc) is 3.05. The number of fused-ring (bicyclic) bond motifs is 3. The Morgan fingerprint density at radius 3 is 2.20 bits per heavy atom. The zero-order valence-electron chi connectivity index (χ0n) is 17.9. The number of carboxylic acids is 1. The lowest BCUT2D eigenvalue weighted by Crippen LogP contribution is -2.43. The molecule has 2 aromatic rings. The predicted octanol–water partition coefficient (Wildman–Crippen LogP) is 3.71. The number of alkyl carbamates (subject to hydrolysis) is 1. The monoisotopic (exact) mass is 412 g/mol. The van der Waals surface area contributed by atoms with Gasteiger partial charge in [0.15, 0.2) is 0 Å². The number of aliphatic carboxylic acids is 1. The molecule has 1 aliphatic carbocycles. The van der Waals surface area contributed by atoms with Crippen molar-refractivity contribution in [1.29, 1.82) is 0 Å². The largest absolute Gasteiger partial charge is 0.480 e. The summed E-state index contributed by atoms with van der Waals surface area (Å²) < 4.78 is 17.8. The fourth-order valence-electron chi connectivity index (χ4n) is 3.50. The van der Waals surface area contributed by atoms with Gasteiger partial charge in [0, 0.05) is 7.29 Å². The third-order valence-corrected chi connectivity index (χ3v) is 4.69. The van der Waals surface area contributed by atoms with E-state index in [4.69, 9.17) is 10.8 Å². The van der Waals surface area contributed by atoms with Crippen LogP contribution in [0.4, 0.5) is 4.79 Å². The highest BCUT2D eigenvalue weighted by molar-refractivity contribution is 5.85. The lowest BCUT2D eigenvalue weighted by atomic mass is 9.98. The number of nitrogens with one attached hydrogen (secondary N) is 1. The van der Waals surface area contributed by atoms with Crippen LogP contribution in [0.25, 0.3) is 11.1 Å². The van der Waals surface area contributed by atoms with E-state index in [2.05, 4.69) is 5.32 Å². The molecule has 0 aliphatic heterocycles. The van der Waals surface area contributed by atoms with Crippen LogP contribution in [0.5, 0.6) is 0 Å². The highest BCUT2D eigenvalue weighted by atomic mass is 16.6. The maximum Gasteiger partial charge on any atom is 0.407 e. The Hall–Kier alpha value is -3.35. The Morgan fingerprint density at radius 1 is 1.10 bits per heavy atom. The highest BCUT2D eigenvalue weighted by Crippen LogP contribution is 2.44. The molecular weight excluding hydrogens is 386 g/mol. The first-order valence-electron chi connectivity index (χ1n) is 10.3. The lowest BCUT2D eigenvalue weighted by Gasteiger charge is -2.21. The number of hydrogen-bond acceptors (Lipinski definition) is 5. The molecule has 2 N–H and O–H groups in total. The zero-order valence-corrected chi connectivity index (χ0v) is 16.9. The first kappa shape index (κ1) is 19.9. The number of rotatable bonds is 6. The van der Waals surface area contributed by atoms with E-state index in [9.17, 15) is 19.5 Å². The fourth-order valence-corrected chi connectivity index (χ4v) is 3.50. The Morgan fingerprint density at radius 2 is 1.67 bits per heavy atom. The van der Waals surface area contributed by atoms with Gasteiger partial charge in [0.2, 0.25) is 0 Å². The van der Waals surface area contributed by atoms with Gasteiger partial charge in [-0.2, -0.15) is 0 Å². The van der Waals surface area contributed by atoms with Gasteiger partial charge in [0.05, 0.1) is 6.42 Å². The van der Waals surface area contributed by atoms with Crippen molar-refractivity contribution in [2.45, 2.75) is 44.7 Å². The number of carbonyl (C=O) groups is 3. The summed E-state index contributed by atoms with van der Waals surface area (Å²) in [6.45, 7) is 2.96. The van der Waals surface area contributed by atoms with Crippen LogP contribution >= 0.6 is 0 Å². The zero-order chi connectivity index (χ0) is 22.6. The van der Waals surface area contributed by atoms with Gasteiger partial charge in [0.1, 0.15) is 18.2 Å². The summed E-state index contributed by atoms with van der Waals surface area (Å²) >= 11 is 0. The van der Waals surface area contributed by atoms with Crippen molar-refractivity contribution in [3.63, 3.8) is 0 Å². The maximum atomic E-state index is 12.3. The molecule has 1 amide bonds. The van der Waals surface area contributed by atoms with Crippen LogP contribution in [-0.2, 0) is 19.1 Å². The number of carboxylic acid groups (broad SMARTS) is 1. The van der Waals surface area contributed by atoms with Crippen molar-refractivity contribution < 1.29 is 30.3 Å². The minimum atomic E-state index is -1.50. The minimum absolute atomic E-state index is 0.0303. The summed E-state index contributed by atoms with van der Waals surface area (Å²) in [6, 6.07) is 14.2. The second-order valence-corrected chi connectivity index (χ2v) is 7.80. The quantitative estimate of drug-likeness (QED) is 0.702. The van der Waals surface area contributed by atoms with Gasteiger partial charge in [-0.3, -0.25) is 4.79 Å². The van der Waals surface area contributed by atoms with Crippen molar-refractivity contribution in [2.75, 3.05) is 6.61 Å². The van der Waals surface area contributed by atoms with E-state index in [1.54, 1.807) is 13.8 Å². The summed E-state index contributed by atoms with van der Waals surface area (Å²) in [5.74, 6) is -2.36. The second-order valence-electron chi connectivity index (χ2n) is 7.80. The topological polar surface area (TPSA) is 102 Å². The Labute approximate surface area is 176 Å². The lowest BCUT2D eigenvalue weighted by molar-refractivity contribution is -0.158. The van der Waals surface area contributed by atoms with E-state index in [-0.39, 0.29) is 19.4 Å². The van der Waals surface area contributed by atoms with Gasteiger partial charge in [-0.15, -0.1) is 0 Å². The molecule has 3 rings (SSSR count). The van der Waals surface area contributed by atoms with E-state index in [1.807, 2.05) is 48.5 Å². The van der Waals surface area contributed by atoms with E-state index >= 15 is 0 Å². The predicted molar refractivity (Wildman–Crippen MR) is 110 cm³/mol. The van der Waals surface area contributed by atoms with E-state index < -0.39 is 36.1 Å². The van der Waals surface area contributed by atoms with Gasteiger partial charge in [-0.25, -0.2) is 9.59 Å². The number of hydrogen-bond donors (Lipinski definition) is 2. The molecule has 1 atom stereocenters. The van der Waals surface area contributed by atoms with Crippen molar-refractivity contribution in [3.05, 3.63) is 59.7 Å². The molecule has 1 aliphatic rings. The van der Waals surface area contributed by atoms with Crippen LogP contribution < -0.4 is 5.32 Å². The first-order valence-corrected chi connectivity index (χ1v) is 9.57.